The Kier molecular flexibility index (Phi) is 4.21. The van der Waals surface area contributed by atoms with E-state index in [9.17, 15) is 4.79 Å². The van der Waals surface area contributed by atoms with E-state index in [2.05, 4.69) is 10.5 Å². The van der Waals surface area contributed by atoms with Crippen molar-refractivity contribution in [1.82, 2.24) is 5.32 Å². The molecule has 0 saturated heterocycles. The molecule has 1 atom stereocenters. The number of hydrogen-bond donors (Lipinski definition) is 3. The van der Waals surface area contributed by atoms with Crippen LogP contribution in [0.15, 0.2) is 23.4 Å². The van der Waals surface area contributed by atoms with Crippen LogP contribution in [0.2, 0.25) is 0 Å². The summed E-state index contributed by atoms with van der Waals surface area (Å²) in [6, 6.07) is 5.11. The maximum atomic E-state index is 12.5. The number of rotatable bonds is 4. The zero-order chi connectivity index (χ0) is 15.5. The van der Waals surface area contributed by atoms with Gasteiger partial charge in [0.1, 0.15) is 13.2 Å². The summed E-state index contributed by atoms with van der Waals surface area (Å²) in [5.74, 6) is 0.531. The second kappa shape index (κ2) is 5.90. The molecule has 0 aromatic heterocycles. The third-order valence-corrected chi connectivity index (χ3v) is 3.58. The van der Waals surface area contributed by atoms with Crippen LogP contribution >= 0.6 is 0 Å². The summed E-state index contributed by atoms with van der Waals surface area (Å²) < 4.78 is 11.0. The Morgan fingerprint density at radius 1 is 1.48 bits per heavy atom. The normalized spacial score (nSPS) is 17.0. The summed E-state index contributed by atoms with van der Waals surface area (Å²) in [6.07, 6.45) is 0.473. The highest BCUT2D eigenvalue weighted by Gasteiger charge is 2.31. The molecule has 0 radical (unpaired) electrons. The molecule has 0 bridgehead atoms. The third kappa shape index (κ3) is 2.86. The molecule has 4 N–H and O–H groups in total. The number of oxime groups is 1. The standard InChI is InChI=1S/C14H19N3O4/c1-3-14(2,13(15)17-19)16-12(18)9-5-4-6-10-11(9)21-8-7-20-10/h4-6,19H,3,7-8H2,1-2H3,(H2,15,17)(H,16,18). The van der Waals surface area contributed by atoms with Crippen molar-refractivity contribution in [2.24, 2.45) is 10.9 Å². The minimum atomic E-state index is -0.940. The van der Waals surface area contributed by atoms with Crippen LogP contribution in [0.3, 0.4) is 0 Å². The van der Waals surface area contributed by atoms with Crippen molar-refractivity contribution in [3.8, 4) is 11.5 Å². The SMILES string of the molecule is CCC(C)(NC(=O)c1cccc2c1OCCO2)/C(N)=N/O. The molecule has 1 amide bonds. The number of carbonyl (C=O) groups is 1. The summed E-state index contributed by atoms with van der Waals surface area (Å²) in [6.45, 7) is 4.36. The van der Waals surface area contributed by atoms with E-state index in [0.717, 1.165) is 0 Å². The van der Waals surface area contributed by atoms with E-state index in [1.54, 1.807) is 25.1 Å². The third-order valence-electron chi connectivity index (χ3n) is 3.58. The van der Waals surface area contributed by atoms with Gasteiger partial charge in [-0.1, -0.05) is 18.1 Å². The van der Waals surface area contributed by atoms with E-state index in [1.165, 1.54) is 0 Å². The molecule has 1 aromatic carbocycles. The Labute approximate surface area is 122 Å². The summed E-state index contributed by atoms with van der Waals surface area (Å²) in [7, 11) is 0. The summed E-state index contributed by atoms with van der Waals surface area (Å²) in [4.78, 5) is 12.5. The van der Waals surface area contributed by atoms with Gasteiger partial charge < -0.3 is 25.7 Å². The molecule has 1 unspecified atom stereocenters. The smallest absolute Gasteiger partial charge is 0.255 e. The van der Waals surface area contributed by atoms with E-state index >= 15 is 0 Å². The van der Waals surface area contributed by atoms with Crippen molar-refractivity contribution in [2.75, 3.05) is 13.2 Å². The summed E-state index contributed by atoms with van der Waals surface area (Å²) >= 11 is 0. The second-order valence-corrected chi connectivity index (χ2v) is 4.95. The van der Waals surface area contributed by atoms with Crippen LogP contribution in [0.5, 0.6) is 11.5 Å². The van der Waals surface area contributed by atoms with Crippen molar-refractivity contribution >= 4 is 11.7 Å². The number of ether oxygens (including phenoxy) is 2. The average Bonchev–Trinajstić information content (AvgIpc) is 2.53. The van der Waals surface area contributed by atoms with Gasteiger partial charge in [0.05, 0.1) is 11.1 Å². The topological polar surface area (TPSA) is 106 Å². The predicted octanol–water partition coefficient (Wildman–Crippen LogP) is 1.10. The zero-order valence-corrected chi connectivity index (χ0v) is 12.0. The first-order valence-electron chi connectivity index (χ1n) is 6.71. The van der Waals surface area contributed by atoms with Crippen LogP contribution in [0.25, 0.3) is 0 Å². The van der Waals surface area contributed by atoms with Crippen molar-refractivity contribution in [3.05, 3.63) is 23.8 Å². The van der Waals surface area contributed by atoms with Gasteiger partial charge in [-0.3, -0.25) is 4.79 Å². The zero-order valence-electron chi connectivity index (χ0n) is 12.0. The van der Waals surface area contributed by atoms with Crippen LogP contribution < -0.4 is 20.5 Å². The molecule has 1 heterocycles. The maximum absolute atomic E-state index is 12.5. The van der Waals surface area contributed by atoms with Gasteiger partial charge >= 0.3 is 0 Å². The second-order valence-electron chi connectivity index (χ2n) is 4.95. The van der Waals surface area contributed by atoms with Gasteiger partial charge in [0.2, 0.25) is 0 Å². The van der Waals surface area contributed by atoms with E-state index in [-0.39, 0.29) is 11.7 Å². The Morgan fingerprint density at radius 2 is 2.19 bits per heavy atom. The molecule has 2 rings (SSSR count). The molecule has 0 aliphatic carbocycles. The molecule has 7 heteroatoms. The van der Waals surface area contributed by atoms with Gasteiger partial charge in [-0.2, -0.15) is 0 Å². The molecule has 0 saturated carbocycles. The number of hydrogen-bond acceptors (Lipinski definition) is 5. The van der Waals surface area contributed by atoms with Gasteiger partial charge in [-0.05, 0) is 25.5 Å². The lowest BCUT2D eigenvalue weighted by atomic mass is 9.96. The molecule has 1 aromatic rings. The number of nitrogens with zero attached hydrogens (tertiary/aromatic N) is 1. The first kappa shape index (κ1) is 15.0. The fraction of sp³-hybridized carbons (Fsp3) is 0.429. The van der Waals surface area contributed by atoms with E-state index in [0.29, 0.717) is 36.7 Å². The minimum absolute atomic E-state index is 0.0553. The number of amides is 1. The number of fused-ring (bicyclic) bond motifs is 1. The molecular weight excluding hydrogens is 274 g/mol. The highest BCUT2D eigenvalue weighted by Crippen LogP contribution is 2.33. The van der Waals surface area contributed by atoms with Crippen molar-refractivity contribution in [2.45, 2.75) is 25.8 Å². The molecular formula is C14H19N3O4. The number of amidine groups is 1. The average molecular weight is 293 g/mol. The lowest BCUT2D eigenvalue weighted by Crippen LogP contribution is -2.55. The fourth-order valence-corrected chi connectivity index (χ4v) is 2.01. The van der Waals surface area contributed by atoms with Gasteiger partial charge in [0, 0.05) is 0 Å². The molecule has 7 nitrogen and oxygen atoms in total. The maximum Gasteiger partial charge on any atom is 0.255 e. The van der Waals surface area contributed by atoms with Crippen LogP contribution in [0.4, 0.5) is 0 Å². The van der Waals surface area contributed by atoms with Gasteiger partial charge in [0.15, 0.2) is 17.3 Å². The van der Waals surface area contributed by atoms with Crippen molar-refractivity contribution in [3.63, 3.8) is 0 Å². The molecule has 1 aliphatic rings. The molecule has 0 spiro atoms. The van der Waals surface area contributed by atoms with Crippen LogP contribution in [-0.2, 0) is 0 Å². The van der Waals surface area contributed by atoms with E-state index in [4.69, 9.17) is 20.4 Å². The molecule has 0 fully saturated rings. The number of carbonyl (C=O) groups excluding carboxylic acids is 1. The van der Waals surface area contributed by atoms with Gasteiger partial charge in [-0.15, -0.1) is 0 Å². The van der Waals surface area contributed by atoms with Crippen molar-refractivity contribution < 1.29 is 19.5 Å². The Hall–Kier alpha value is -2.44. The first-order chi connectivity index (χ1) is 10.0. The Morgan fingerprint density at radius 3 is 2.86 bits per heavy atom. The summed E-state index contributed by atoms with van der Waals surface area (Å²) in [5, 5.41) is 14.6. The summed E-state index contributed by atoms with van der Waals surface area (Å²) in [5.41, 5.74) is 5.07. The predicted molar refractivity (Wildman–Crippen MR) is 77.0 cm³/mol. The Balaban J connectivity index is 2.29. The van der Waals surface area contributed by atoms with Crippen LogP contribution in [0, 0.1) is 0 Å². The van der Waals surface area contributed by atoms with Crippen LogP contribution in [-0.4, -0.2) is 35.7 Å². The number of nitrogens with two attached hydrogens (primary N) is 1. The lowest BCUT2D eigenvalue weighted by molar-refractivity contribution is 0.0914. The van der Waals surface area contributed by atoms with Gasteiger partial charge in [-0.25, -0.2) is 0 Å². The quantitative estimate of drug-likeness (QED) is 0.333. The minimum Gasteiger partial charge on any atom is -0.486 e. The number of para-hydroxylation sites is 1. The van der Waals surface area contributed by atoms with Gasteiger partial charge in [0.25, 0.3) is 5.91 Å². The molecule has 1 aliphatic heterocycles. The Bertz CT molecular complexity index is 573. The van der Waals surface area contributed by atoms with E-state index < -0.39 is 5.54 Å². The van der Waals surface area contributed by atoms with Crippen LogP contribution in [0.1, 0.15) is 30.6 Å². The van der Waals surface area contributed by atoms with Crippen molar-refractivity contribution in [1.29, 1.82) is 0 Å². The number of nitrogens with one attached hydrogen (secondary N) is 1. The highest BCUT2D eigenvalue weighted by molar-refractivity contribution is 6.02. The lowest BCUT2D eigenvalue weighted by Gasteiger charge is -2.29. The molecule has 21 heavy (non-hydrogen) atoms. The first-order valence-corrected chi connectivity index (χ1v) is 6.71. The largest absolute Gasteiger partial charge is 0.486 e. The highest BCUT2D eigenvalue weighted by atomic mass is 16.6. The molecule has 114 valence electrons. The van der Waals surface area contributed by atoms with E-state index in [1.807, 2.05) is 6.92 Å². The fourth-order valence-electron chi connectivity index (χ4n) is 2.01. The number of benzene rings is 1. The monoisotopic (exact) mass is 293 g/mol.